The Bertz CT molecular complexity index is 660. The van der Waals surface area contributed by atoms with Crippen LogP contribution in [0.25, 0.3) is 0 Å². The Balaban J connectivity index is 1.53. The van der Waals surface area contributed by atoms with E-state index in [1.807, 2.05) is 0 Å². The first-order valence-corrected chi connectivity index (χ1v) is 9.24. The topological polar surface area (TPSA) is 53.0 Å². The Kier molecular flexibility index (Phi) is 4.31. The zero-order valence-corrected chi connectivity index (χ0v) is 14.4. The molecule has 0 aromatic heterocycles. The molecule has 2 aliphatic heterocycles. The van der Waals surface area contributed by atoms with Gasteiger partial charge in [0.15, 0.2) is 0 Å². The Morgan fingerprint density at radius 2 is 2.00 bits per heavy atom. The predicted octanol–water partition coefficient (Wildman–Crippen LogP) is 3.30. The monoisotopic (exact) mass is 348 g/mol. The molecule has 2 saturated heterocycles. The second-order valence-corrected chi connectivity index (χ2v) is 7.67. The van der Waals surface area contributed by atoms with Gasteiger partial charge in [0.2, 0.25) is 0 Å². The molecule has 136 valence electrons. The van der Waals surface area contributed by atoms with Crippen molar-refractivity contribution >= 4 is 17.5 Å². The highest BCUT2D eigenvalue weighted by molar-refractivity contribution is 5.90. The molecule has 1 aromatic rings. The molecule has 3 aliphatic rings. The van der Waals surface area contributed by atoms with Gasteiger partial charge in [0.25, 0.3) is 0 Å². The minimum Gasteiger partial charge on any atom is -0.441 e. The lowest BCUT2D eigenvalue weighted by Gasteiger charge is -2.42. The average molecular weight is 348 g/mol. The number of benzene rings is 1. The van der Waals surface area contributed by atoms with Crippen LogP contribution in [0.4, 0.5) is 20.6 Å². The highest BCUT2D eigenvalue weighted by Crippen LogP contribution is 2.46. The van der Waals surface area contributed by atoms with Gasteiger partial charge in [-0.3, -0.25) is 4.90 Å². The summed E-state index contributed by atoms with van der Waals surface area (Å²) in [5.74, 6) is -0.298. The molecule has 1 aromatic carbocycles. The molecule has 0 bridgehead atoms. The number of cyclic esters (lactones) is 1. The minimum absolute atomic E-state index is 0.224. The smallest absolute Gasteiger partial charge is 0.414 e. The number of aliphatic hydroxyl groups excluding tert-OH is 1. The highest BCUT2D eigenvalue weighted by Gasteiger charge is 2.38. The van der Waals surface area contributed by atoms with Crippen LogP contribution < -0.4 is 9.80 Å². The van der Waals surface area contributed by atoms with E-state index in [1.165, 1.54) is 43.1 Å². The Labute approximate surface area is 147 Å². The van der Waals surface area contributed by atoms with E-state index in [1.54, 1.807) is 12.1 Å². The number of hydrogen-bond acceptors (Lipinski definition) is 4. The van der Waals surface area contributed by atoms with Gasteiger partial charge in [0, 0.05) is 13.1 Å². The summed E-state index contributed by atoms with van der Waals surface area (Å²) in [5, 5.41) is 9.13. The molecule has 5 nitrogen and oxygen atoms in total. The van der Waals surface area contributed by atoms with Crippen LogP contribution in [0, 0.1) is 11.2 Å². The van der Waals surface area contributed by atoms with Crippen LogP contribution in [0.3, 0.4) is 0 Å². The van der Waals surface area contributed by atoms with Crippen molar-refractivity contribution in [1.82, 2.24) is 0 Å². The average Bonchev–Trinajstić information content (AvgIpc) is 3.21. The van der Waals surface area contributed by atoms with E-state index in [0.717, 1.165) is 19.5 Å². The summed E-state index contributed by atoms with van der Waals surface area (Å²) in [5.41, 5.74) is 1.48. The first-order chi connectivity index (χ1) is 12.1. The van der Waals surface area contributed by atoms with Gasteiger partial charge in [-0.1, -0.05) is 12.8 Å². The Morgan fingerprint density at radius 1 is 1.24 bits per heavy atom. The van der Waals surface area contributed by atoms with Crippen LogP contribution in [-0.2, 0) is 4.74 Å². The summed E-state index contributed by atoms with van der Waals surface area (Å²) in [7, 11) is 0. The molecule has 4 rings (SSSR count). The van der Waals surface area contributed by atoms with Gasteiger partial charge in [-0.2, -0.15) is 0 Å². The quantitative estimate of drug-likeness (QED) is 0.911. The van der Waals surface area contributed by atoms with Crippen LogP contribution >= 0.6 is 0 Å². The fraction of sp³-hybridized carbons (Fsp3) is 0.632. The lowest BCUT2D eigenvalue weighted by Crippen LogP contribution is -2.42. The molecule has 1 aliphatic carbocycles. The standard InChI is InChI=1S/C19H25FN2O3/c20-16-10-14(22-11-15(12-23)25-18(22)24)4-5-17(16)21-9-3-8-19(13-21)6-1-2-7-19/h4-5,10,15,23H,1-3,6-9,11-13H2/t15-/m1/s1. The van der Waals surface area contributed by atoms with Gasteiger partial charge < -0.3 is 14.7 Å². The van der Waals surface area contributed by atoms with Crippen LogP contribution in [0.1, 0.15) is 38.5 Å². The zero-order chi connectivity index (χ0) is 17.4. The normalized spacial score (nSPS) is 25.7. The van der Waals surface area contributed by atoms with Crippen molar-refractivity contribution in [3.05, 3.63) is 24.0 Å². The van der Waals surface area contributed by atoms with Crippen molar-refractivity contribution in [1.29, 1.82) is 0 Å². The number of amides is 1. The van der Waals surface area contributed by atoms with Crippen molar-refractivity contribution in [2.45, 2.75) is 44.6 Å². The molecule has 2 heterocycles. The third-order valence-corrected chi connectivity index (χ3v) is 5.99. The minimum atomic E-state index is -0.542. The van der Waals surface area contributed by atoms with Gasteiger partial charge in [0.05, 0.1) is 24.5 Å². The van der Waals surface area contributed by atoms with Crippen molar-refractivity contribution in [2.75, 3.05) is 36.0 Å². The third kappa shape index (κ3) is 3.08. The Hall–Kier alpha value is -1.82. The molecule has 1 saturated carbocycles. The van der Waals surface area contributed by atoms with Crippen molar-refractivity contribution in [3.8, 4) is 0 Å². The van der Waals surface area contributed by atoms with Crippen LogP contribution in [0.5, 0.6) is 0 Å². The molecule has 1 amide bonds. The van der Waals surface area contributed by atoms with E-state index in [9.17, 15) is 9.18 Å². The molecule has 6 heteroatoms. The van der Waals surface area contributed by atoms with E-state index < -0.39 is 12.2 Å². The molecule has 1 N–H and O–H groups in total. The second-order valence-electron chi connectivity index (χ2n) is 7.67. The maximum atomic E-state index is 14.8. The number of piperidine rings is 1. The van der Waals surface area contributed by atoms with Crippen molar-refractivity contribution in [3.63, 3.8) is 0 Å². The number of halogens is 1. The number of ether oxygens (including phenoxy) is 1. The maximum Gasteiger partial charge on any atom is 0.414 e. The summed E-state index contributed by atoms with van der Waals surface area (Å²) in [6, 6.07) is 4.96. The summed E-state index contributed by atoms with van der Waals surface area (Å²) in [6.07, 6.45) is 6.38. The molecule has 0 radical (unpaired) electrons. The molecule has 0 unspecified atom stereocenters. The first kappa shape index (κ1) is 16.6. The Morgan fingerprint density at radius 3 is 2.68 bits per heavy atom. The lowest BCUT2D eigenvalue weighted by atomic mass is 9.78. The number of hydrogen-bond donors (Lipinski definition) is 1. The van der Waals surface area contributed by atoms with Gasteiger partial charge in [-0.25, -0.2) is 9.18 Å². The summed E-state index contributed by atoms with van der Waals surface area (Å²) in [4.78, 5) is 15.4. The molecule has 1 spiro atoms. The largest absolute Gasteiger partial charge is 0.441 e. The SMILES string of the molecule is O=C1O[C@@H](CO)CN1c1ccc(N2CCCC3(CCCC3)C2)c(F)c1. The van der Waals surface area contributed by atoms with E-state index in [4.69, 9.17) is 9.84 Å². The molecule has 25 heavy (non-hydrogen) atoms. The number of aliphatic hydroxyl groups is 1. The van der Waals surface area contributed by atoms with E-state index >= 15 is 0 Å². The molecule has 3 fully saturated rings. The van der Waals surface area contributed by atoms with Crippen LogP contribution in [0.15, 0.2) is 18.2 Å². The molecular formula is C19H25FN2O3. The van der Waals surface area contributed by atoms with Gasteiger partial charge >= 0.3 is 6.09 Å². The third-order valence-electron chi connectivity index (χ3n) is 5.99. The first-order valence-electron chi connectivity index (χ1n) is 9.24. The number of carbonyl (C=O) groups is 1. The zero-order valence-electron chi connectivity index (χ0n) is 14.4. The van der Waals surface area contributed by atoms with Crippen LogP contribution in [0.2, 0.25) is 0 Å². The number of rotatable bonds is 3. The molecule has 1 atom stereocenters. The maximum absolute atomic E-state index is 14.8. The fourth-order valence-corrected chi connectivity index (χ4v) is 4.69. The van der Waals surface area contributed by atoms with Crippen molar-refractivity contribution < 1.29 is 19.0 Å². The summed E-state index contributed by atoms with van der Waals surface area (Å²) >= 11 is 0. The van der Waals surface area contributed by atoms with Crippen molar-refractivity contribution in [2.24, 2.45) is 5.41 Å². The van der Waals surface area contributed by atoms with Gasteiger partial charge in [0.1, 0.15) is 11.9 Å². The fourth-order valence-electron chi connectivity index (χ4n) is 4.69. The summed E-state index contributed by atoms with van der Waals surface area (Å²) < 4.78 is 19.8. The van der Waals surface area contributed by atoms with Crippen LogP contribution in [-0.4, -0.2) is 43.5 Å². The van der Waals surface area contributed by atoms with E-state index in [-0.39, 0.29) is 19.0 Å². The van der Waals surface area contributed by atoms with E-state index in [2.05, 4.69) is 4.90 Å². The van der Waals surface area contributed by atoms with Gasteiger partial charge in [-0.05, 0) is 49.3 Å². The highest BCUT2D eigenvalue weighted by atomic mass is 19.1. The number of carbonyl (C=O) groups excluding carboxylic acids is 1. The molecular weight excluding hydrogens is 323 g/mol. The number of anilines is 2. The lowest BCUT2D eigenvalue weighted by molar-refractivity contribution is 0.0963. The number of nitrogens with zero attached hydrogens (tertiary/aromatic N) is 2. The second kappa shape index (κ2) is 6.48. The van der Waals surface area contributed by atoms with E-state index in [0.29, 0.717) is 16.8 Å². The predicted molar refractivity (Wildman–Crippen MR) is 93.4 cm³/mol. The summed E-state index contributed by atoms with van der Waals surface area (Å²) in [6.45, 7) is 1.84. The van der Waals surface area contributed by atoms with Gasteiger partial charge in [-0.15, -0.1) is 0 Å².